The first-order valence-corrected chi connectivity index (χ1v) is 7.59. The molecule has 7 heteroatoms. The molecule has 0 radical (unpaired) electrons. The number of hydrogen-bond donors (Lipinski definition) is 0. The van der Waals surface area contributed by atoms with E-state index in [0.717, 1.165) is 25.4 Å². The summed E-state index contributed by atoms with van der Waals surface area (Å²) in [5, 5.41) is 0. The third kappa shape index (κ3) is 3.24. The van der Waals surface area contributed by atoms with E-state index in [-0.39, 0.29) is 12.5 Å². The van der Waals surface area contributed by atoms with Gasteiger partial charge in [-0.15, -0.1) is 0 Å². The minimum absolute atomic E-state index is 0.109. The van der Waals surface area contributed by atoms with Crippen molar-refractivity contribution >= 4 is 20.0 Å². The molecule has 0 aromatic heterocycles. The van der Waals surface area contributed by atoms with Crippen molar-refractivity contribution in [2.45, 2.75) is 12.8 Å². The van der Waals surface area contributed by atoms with E-state index in [1.165, 1.54) is 0 Å². The zero-order valence-electron chi connectivity index (χ0n) is 7.60. The smallest absolute Gasteiger partial charge is 0.212 e. The van der Waals surface area contributed by atoms with Gasteiger partial charge in [0.2, 0.25) is 20.0 Å². The maximum absolute atomic E-state index is 11.1. The minimum Gasteiger partial charge on any atom is -0.212 e. The summed E-state index contributed by atoms with van der Waals surface area (Å²) >= 11 is 0. The van der Waals surface area contributed by atoms with Crippen LogP contribution in [-0.2, 0) is 20.0 Å². The molecule has 0 aliphatic heterocycles. The molecule has 0 N–H and O–H groups in total. The topological polar surface area (TPSA) is 71.5 Å². The van der Waals surface area contributed by atoms with Gasteiger partial charge in [0.05, 0.1) is 12.5 Å². The second-order valence-corrected chi connectivity index (χ2v) is 7.47. The van der Waals surface area contributed by atoms with Crippen molar-refractivity contribution in [2.75, 3.05) is 19.1 Å². The Morgan fingerprint density at radius 2 is 1.46 bits per heavy atom. The molecule has 0 atom stereocenters. The van der Waals surface area contributed by atoms with Crippen LogP contribution >= 0.6 is 0 Å². The monoisotopic (exact) mass is 227 g/mol. The van der Waals surface area contributed by atoms with Gasteiger partial charge in [-0.05, 0) is 18.8 Å². The van der Waals surface area contributed by atoms with Gasteiger partial charge in [-0.2, -0.15) is 0 Å². The van der Waals surface area contributed by atoms with Crippen molar-refractivity contribution < 1.29 is 16.8 Å². The van der Waals surface area contributed by atoms with E-state index in [9.17, 15) is 16.8 Å². The standard InChI is InChI=1S/C6H13NO4S2/c1-12(8,9)7(13(2,10)11)5-6-3-4-6/h6H,3-5H2,1-2H3. The molecule has 1 aliphatic carbocycles. The van der Waals surface area contributed by atoms with Gasteiger partial charge in [0, 0.05) is 6.54 Å². The quantitative estimate of drug-likeness (QED) is 0.656. The van der Waals surface area contributed by atoms with Crippen molar-refractivity contribution in [3.05, 3.63) is 0 Å². The first kappa shape index (κ1) is 10.9. The predicted octanol–water partition coefficient (Wildman–Crippen LogP) is -0.382. The van der Waals surface area contributed by atoms with Crippen molar-refractivity contribution in [1.82, 2.24) is 3.71 Å². The van der Waals surface area contributed by atoms with Gasteiger partial charge in [-0.25, -0.2) is 16.8 Å². The summed E-state index contributed by atoms with van der Waals surface area (Å²) in [6, 6.07) is 0. The molecule has 0 aromatic rings. The van der Waals surface area contributed by atoms with Gasteiger partial charge in [0.1, 0.15) is 0 Å². The molecule has 0 bridgehead atoms. The highest BCUT2D eigenvalue weighted by molar-refractivity contribution is 8.03. The Morgan fingerprint density at radius 1 is 1.08 bits per heavy atom. The van der Waals surface area contributed by atoms with Crippen LogP contribution in [0.25, 0.3) is 0 Å². The number of nitrogens with zero attached hydrogens (tertiary/aromatic N) is 1. The van der Waals surface area contributed by atoms with E-state index in [4.69, 9.17) is 0 Å². The maximum atomic E-state index is 11.1. The van der Waals surface area contributed by atoms with Crippen LogP contribution in [0.1, 0.15) is 12.8 Å². The maximum Gasteiger partial charge on any atom is 0.224 e. The zero-order valence-corrected chi connectivity index (χ0v) is 9.23. The van der Waals surface area contributed by atoms with Crippen LogP contribution in [0.3, 0.4) is 0 Å². The third-order valence-corrected chi connectivity index (χ3v) is 5.25. The van der Waals surface area contributed by atoms with Crippen LogP contribution in [0.4, 0.5) is 0 Å². The van der Waals surface area contributed by atoms with Crippen LogP contribution in [0.2, 0.25) is 0 Å². The normalized spacial score (nSPS) is 19.3. The predicted molar refractivity (Wildman–Crippen MR) is 49.1 cm³/mol. The molecule has 0 unspecified atom stereocenters. The van der Waals surface area contributed by atoms with Crippen molar-refractivity contribution in [3.63, 3.8) is 0 Å². The van der Waals surface area contributed by atoms with Crippen LogP contribution in [0.5, 0.6) is 0 Å². The fourth-order valence-electron chi connectivity index (χ4n) is 1.03. The summed E-state index contributed by atoms with van der Waals surface area (Å²) in [5.41, 5.74) is 0. The second kappa shape index (κ2) is 3.21. The molecule has 0 spiro atoms. The Labute approximate surface area is 78.8 Å². The Bertz CT molecular complexity index is 347. The lowest BCUT2D eigenvalue weighted by molar-refractivity contribution is 0.492. The second-order valence-electron chi connectivity index (χ2n) is 3.42. The lowest BCUT2D eigenvalue weighted by Crippen LogP contribution is -2.36. The fourth-order valence-corrected chi connectivity index (χ4v) is 3.96. The Balaban J connectivity index is 2.88. The lowest BCUT2D eigenvalue weighted by atomic mass is 10.4. The summed E-state index contributed by atoms with van der Waals surface area (Å²) in [4.78, 5) is 0. The fraction of sp³-hybridized carbons (Fsp3) is 1.00. The average Bonchev–Trinajstić information content (AvgIpc) is 2.58. The van der Waals surface area contributed by atoms with Crippen molar-refractivity contribution in [2.24, 2.45) is 5.92 Å². The first-order chi connectivity index (χ1) is 5.71. The van der Waals surface area contributed by atoms with Gasteiger partial charge in [-0.1, -0.05) is 3.71 Å². The van der Waals surface area contributed by atoms with Gasteiger partial charge in [0.15, 0.2) is 0 Å². The Kier molecular flexibility index (Phi) is 2.70. The van der Waals surface area contributed by atoms with Crippen LogP contribution in [0, 0.1) is 5.92 Å². The molecule has 0 saturated heterocycles. The number of hydrogen-bond acceptors (Lipinski definition) is 4. The SMILES string of the molecule is CS(=O)(=O)N(CC1CC1)S(C)(=O)=O. The first-order valence-electron chi connectivity index (χ1n) is 3.89. The highest BCUT2D eigenvalue weighted by atomic mass is 32.3. The average molecular weight is 227 g/mol. The third-order valence-electron chi connectivity index (χ3n) is 1.84. The molecular weight excluding hydrogens is 214 g/mol. The van der Waals surface area contributed by atoms with Gasteiger partial charge in [-0.3, -0.25) is 0 Å². The van der Waals surface area contributed by atoms with Gasteiger partial charge in [0.25, 0.3) is 0 Å². The summed E-state index contributed by atoms with van der Waals surface area (Å²) in [6.45, 7) is 0.109. The zero-order chi connectivity index (χ0) is 10.3. The highest BCUT2D eigenvalue weighted by Crippen LogP contribution is 2.31. The van der Waals surface area contributed by atoms with E-state index in [1.807, 2.05) is 0 Å². The summed E-state index contributed by atoms with van der Waals surface area (Å²) < 4.78 is 44.9. The molecule has 1 aliphatic rings. The van der Waals surface area contributed by atoms with Gasteiger partial charge < -0.3 is 0 Å². The van der Waals surface area contributed by atoms with Crippen molar-refractivity contribution in [3.8, 4) is 0 Å². The van der Waals surface area contributed by atoms with E-state index in [0.29, 0.717) is 3.71 Å². The van der Waals surface area contributed by atoms with Crippen LogP contribution in [0.15, 0.2) is 0 Å². The Hall–Kier alpha value is -0.140. The molecule has 0 aromatic carbocycles. The van der Waals surface area contributed by atoms with E-state index < -0.39 is 20.0 Å². The van der Waals surface area contributed by atoms with E-state index in [1.54, 1.807) is 0 Å². The molecule has 1 rings (SSSR count). The number of sulfonamides is 2. The van der Waals surface area contributed by atoms with Gasteiger partial charge >= 0.3 is 0 Å². The van der Waals surface area contributed by atoms with Crippen LogP contribution < -0.4 is 0 Å². The molecule has 5 nitrogen and oxygen atoms in total. The van der Waals surface area contributed by atoms with E-state index in [2.05, 4.69) is 0 Å². The summed E-state index contributed by atoms with van der Waals surface area (Å²) in [6.07, 6.45) is 3.66. The van der Waals surface area contributed by atoms with E-state index >= 15 is 0 Å². The molecule has 1 fully saturated rings. The summed E-state index contributed by atoms with van der Waals surface area (Å²) in [5.74, 6) is 0.226. The highest BCUT2D eigenvalue weighted by Gasteiger charge is 2.33. The molecule has 1 saturated carbocycles. The number of rotatable bonds is 4. The molecule has 13 heavy (non-hydrogen) atoms. The largest absolute Gasteiger partial charge is 0.224 e. The molecule has 0 heterocycles. The summed E-state index contributed by atoms with van der Waals surface area (Å²) in [7, 11) is -7.26. The van der Waals surface area contributed by atoms with Crippen molar-refractivity contribution in [1.29, 1.82) is 0 Å². The molecular formula is C6H13NO4S2. The minimum atomic E-state index is -3.63. The Morgan fingerprint density at radius 3 is 1.69 bits per heavy atom. The molecule has 0 amide bonds. The molecule has 78 valence electrons. The van der Waals surface area contributed by atoms with Crippen LogP contribution in [-0.4, -0.2) is 39.6 Å². The lowest BCUT2D eigenvalue weighted by Gasteiger charge is -2.16.